The highest BCUT2D eigenvalue weighted by atomic mass is 79.9. The number of aliphatic carboxylic acids is 1. The van der Waals surface area contributed by atoms with Gasteiger partial charge in [-0.3, -0.25) is 0 Å². The predicted molar refractivity (Wildman–Crippen MR) is 75.3 cm³/mol. The van der Waals surface area contributed by atoms with Crippen molar-refractivity contribution in [3.8, 4) is 0 Å². The lowest BCUT2D eigenvalue weighted by Crippen LogP contribution is -2.57. The highest BCUT2D eigenvalue weighted by molar-refractivity contribution is 9.10. The van der Waals surface area contributed by atoms with Crippen LogP contribution in [-0.2, 0) is 16.1 Å². The van der Waals surface area contributed by atoms with Crippen molar-refractivity contribution in [3.63, 3.8) is 0 Å². The first-order chi connectivity index (χ1) is 9.52. The monoisotopic (exact) mass is 342 g/mol. The van der Waals surface area contributed by atoms with E-state index in [1.165, 1.54) is 0 Å². The third-order valence-electron chi connectivity index (χ3n) is 3.15. The number of urea groups is 1. The van der Waals surface area contributed by atoms with Gasteiger partial charge in [0.2, 0.25) is 0 Å². The van der Waals surface area contributed by atoms with Crippen LogP contribution in [0.25, 0.3) is 0 Å². The fraction of sp³-hybridized carbons (Fsp3) is 0.385. The molecule has 3 N–H and O–H groups in total. The molecule has 1 aromatic rings. The highest BCUT2D eigenvalue weighted by Gasteiger charge is 2.43. The number of carbonyl (C=O) groups is 2. The number of benzene rings is 1. The lowest BCUT2D eigenvalue weighted by atomic mass is 9.99. The third kappa shape index (κ3) is 3.49. The molecule has 0 aromatic heterocycles. The molecular weight excluding hydrogens is 328 g/mol. The minimum Gasteiger partial charge on any atom is -0.479 e. The van der Waals surface area contributed by atoms with Crippen LogP contribution in [0.1, 0.15) is 12.0 Å². The van der Waals surface area contributed by atoms with Gasteiger partial charge in [0.25, 0.3) is 0 Å². The Bertz CT molecular complexity index is 498. The van der Waals surface area contributed by atoms with Crippen LogP contribution in [0.4, 0.5) is 4.79 Å². The number of hydrogen-bond acceptors (Lipinski definition) is 3. The number of halogens is 1. The zero-order valence-electron chi connectivity index (χ0n) is 10.7. The van der Waals surface area contributed by atoms with Crippen LogP contribution < -0.4 is 10.6 Å². The highest BCUT2D eigenvalue weighted by Crippen LogP contribution is 2.18. The number of hydrogen-bond donors (Lipinski definition) is 3. The smallest absolute Gasteiger partial charge is 0.332 e. The molecule has 2 amide bonds. The molecule has 1 atom stereocenters. The molecule has 2 rings (SSSR count). The van der Waals surface area contributed by atoms with E-state index in [1.807, 2.05) is 24.3 Å². The van der Waals surface area contributed by atoms with Crippen molar-refractivity contribution in [2.24, 2.45) is 0 Å². The topological polar surface area (TPSA) is 87.7 Å². The Morgan fingerprint density at radius 2 is 2.05 bits per heavy atom. The van der Waals surface area contributed by atoms with Gasteiger partial charge in [0.15, 0.2) is 5.54 Å². The van der Waals surface area contributed by atoms with Gasteiger partial charge in [-0.15, -0.1) is 0 Å². The van der Waals surface area contributed by atoms with Crippen LogP contribution in [0.5, 0.6) is 0 Å². The lowest BCUT2D eigenvalue weighted by molar-refractivity contribution is -0.144. The Kier molecular flexibility index (Phi) is 4.61. The fourth-order valence-corrected chi connectivity index (χ4v) is 2.20. The van der Waals surface area contributed by atoms with Crippen molar-refractivity contribution in [2.75, 3.05) is 13.2 Å². The van der Waals surface area contributed by atoms with Gasteiger partial charge in [0, 0.05) is 24.0 Å². The van der Waals surface area contributed by atoms with Crippen LogP contribution >= 0.6 is 15.9 Å². The van der Waals surface area contributed by atoms with Gasteiger partial charge in [-0.25, -0.2) is 9.59 Å². The van der Waals surface area contributed by atoms with E-state index in [1.54, 1.807) is 0 Å². The Morgan fingerprint density at radius 3 is 2.60 bits per heavy atom. The summed E-state index contributed by atoms with van der Waals surface area (Å²) in [5.74, 6) is -1.08. The van der Waals surface area contributed by atoms with Gasteiger partial charge in [0.1, 0.15) is 0 Å². The summed E-state index contributed by atoms with van der Waals surface area (Å²) in [7, 11) is 0. The van der Waals surface area contributed by atoms with Gasteiger partial charge in [-0.1, -0.05) is 28.1 Å². The number of nitrogens with one attached hydrogen (secondary N) is 2. The summed E-state index contributed by atoms with van der Waals surface area (Å²) in [5.41, 5.74) is -0.389. The average Bonchev–Trinajstić information content (AvgIpc) is 2.88. The van der Waals surface area contributed by atoms with Crippen molar-refractivity contribution >= 4 is 27.9 Å². The molecule has 1 heterocycles. The summed E-state index contributed by atoms with van der Waals surface area (Å²) in [6, 6.07) is 6.98. The second kappa shape index (κ2) is 6.23. The first-order valence-corrected chi connectivity index (χ1v) is 6.93. The van der Waals surface area contributed by atoms with E-state index < -0.39 is 17.5 Å². The number of carboxylic acid groups (broad SMARTS) is 1. The normalized spacial score (nSPS) is 21.4. The zero-order chi connectivity index (χ0) is 14.6. The molecule has 20 heavy (non-hydrogen) atoms. The molecule has 1 aromatic carbocycles. The van der Waals surface area contributed by atoms with E-state index in [4.69, 9.17) is 4.74 Å². The summed E-state index contributed by atoms with van der Waals surface area (Å²) in [5, 5.41) is 14.3. The molecular formula is C13H15BrN2O4. The van der Waals surface area contributed by atoms with Crippen LogP contribution in [-0.4, -0.2) is 35.9 Å². The average molecular weight is 343 g/mol. The van der Waals surface area contributed by atoms with E-state index >= 15 is 0 Å². The zero-order valence-corrected chi connectivity index (χ0v) is 12.3. The van der Waals surface area contributed by atoms with Crippen LogP contribution in [0.15, 0.2) is 28.7 Å². The maximum atomic E-state index is 11.8. The molecule has 0 aliphatic carbocycles. The van der Waals surface area contributed by atoms with Crippen molar-refractivity contribution in [1.29, 1.82) is 0 Å². The van der Waals surface area contributed by atoms with E-state index in [2.05, 4.69) is 26.6 Å². The van der Waals surface area contributed by atoms with E-state index in [9.17, 15) is 14.7 Å². The van der Waals surface area contributed by atoms with Gasteiger partial charge < -0.3 is 20.5 Å². The number of carboxylic acids is 1. The standard InChI is InChI=1S/C13H15BrN2O4/c14-10-3-1-9(2-4-10)7-15-12(19)16-13(11(17)18)5-6-20-8-13/h1-4H,5-8H2,(H,17,18)(H2,15,16,19). The molecule has 1 fully saturated rings. The molecule has 6 nitrogen and oxygen atoms in total. The minimum absolute atomic E-state index is 0.00592. The summed E-state index contributed by atoms with van der Waals surface area (Å²) in [6.07, 6.45) is 0.272. The molecule has 1 saturated heterocycles. The molecule has 1 aliphatic heterocycles. The minimum atomic E-state index is -1.32. The number of ether oxygens (including phenoxy) is 1. The van der Waals surface area contributed by atoms with Crippen molar-refractivity contribution in [3.05, 3.63) is 34.3 Å². The molecule has 0 radical (unpaired) electrons. The van der Waals surface area contributed by atoms with E-state index in [0.29, 0.717) is 13.2 Å². The van der Waals surface area contributed by atoms with Crippen molar-refractivity contribution in [2.45, 2.75) is 18.5 Å². The molecule has 0 spiro atoms. The maximum absolute atomic E-state index is 11.8. The van der Waals surface area contributed by atoms with Gasteiger partial charge in [-0.2, -0.15) is 0 Å². The first kappa shape index (κ1) is 14.8. The van der Waals surface area contributed by atoms with Crippen LogP contribution in [0.3, 0.4) is 0 Å². The predicted octanol–water partition coefficient (Wildman–Crippen LogP) is 1.49. The molecule has 7 heteroatoms. The van der Waals surface area contributed by atoms with Crippen LogP contribution in [0.2, 0.25) is 0 Å². The maximum Gasteiger partial charge on any atom is 0.332 e. The Hall–Kier alpha value is -1.60. The number of carbonyl (C=O) groups excluding carboxylic acids is 1. The quantitative estimate of drug-likeness (QED) is 0.773. The Balaban J connectivity index is 1.89. The number of rotatable bonds is 4. The molecule has 1 unspecified atom stereocenters. The summed E-state index contributed by atoms with van der Waals surface area (Å²) < 4.78 is 6.03. The summed E-state index contributed by atoms with van der Waals surface area (Å²) in [6.45, 7) is 0.656. The van der Waals surface area contributed by atoms with Gasteiger partial charge in [0.05, 0.1) is 6.61 Å². The second-order valence-corrected chi connectivity index (χ2v) is 5.54. The van der Waals surface area contributed by atoms with Gasteiger partial charge in [-0.05, 0) is 17.7 Å². The molecule has 1 aliphatic rings. The molecule has 0 saturated carbocycles. The second-order valence-electron chi connectivity index (χ2n) is 4.62. The summed E-state index contributed by atoms with van der Waals surface area (Å²) >= 11 is 3.33. The Labute approximate surface area is 124 Å². The number of amides is 2. The van der Waals surface area contributed by atoms with E-state index in [-0.39, 0.29) is 13.0 Å². The molecule has 0 bridgehead atoms. The van der Waals surface area contributed by atoms with Crippen molar-refractivity contribution in [1.82, 2.24) is 10.6 Å². The van der Waals surface area contributed by atoms with Crippen LogP contribution in [0, 0.1) is 0 Å². The SMILES string of the molecule is O=C(NCc1ccc(Br)cc1)NC1(C(=O)O)CCOC1. The summed E-state index contributed by atoms with van der Waals surface area (Å²) in [4.78, 5) is 23.0. The van der Waals surface area contributed by atoms with E-state index in [0.717, 1.165) is 10.0 Å². The largest absolute Gasteiger partial charge is 0.479 e. The molecule has 108 valence electrons. The third-order valence-corrected chi connectivity index (χ3v) is 3.68. The Morgan fingerprint density at radius 1 is 1.35 bits per heavy atom. The van der Waals surface area contributed by atoms with Gasteiger partial charge >= 0.3 is 12.0 Å². The fourth-order valence-electron chi connectivity index (χ4n) is 1.93. The van der Waals surface area contributed by atoms with Crippen molar-refractivity contribution < 1.29 is 19.4 Å². The first-order valence-electron chi connectivity index (χ1n) is 6.13. The lowest BCUT2D eigenvalue weighted by Gasteiger charge is -2.23.